The first-order valence-corrected chi connectivity index (χ1v) is 15.9. The highest BCUT2D eigenvalue weighted by atomic mass is 32.2. The van der Waals surface area contributed by atoms with Gasteiger partial charge in [0, 0.05) is 61.0 Å². The van der Waals surface area contributed by atoms with Crippen LogP contribution in [-0.4, -0.2) is 78.6 Å². The van der Waals surface area contributed by atoms with Crippen LogP contribution in [0.4, 0.5) is 10.5 Å². The molecule has 2 saturated heterocycles. The van der Waals surface area contributed by atoms with Crippen molar-refractivity contribution in [1.29, 1.82) is 0 Å². The lowest BCUT2D eigenvalue weighted by Gasteiger charge is -2.56. The first kappa shape index (κ1) is 31.2. The monoisotopic (exact) mass is 608 g/mol. The van der Waals surface area contributed by atoms with E-state index in [2.05, 4.69) is 26.8 Å². The van der Waals surface area contributed by atoms with E-state index >= 15 is 0 Å². The lowest BCUT2D eigenvalue weighted by atomic mass is 9.69. The number of likely N-dealkylation sites (tertiary alicyclic amines) is 1. The van der Waals surface area contributed by atoms with Gasteiger partial charge in [-0.3, -0.25) is 9.47 Å². The van der Waals surface area contributed by atoms with E-state index in [-0.39, 0.29) is 17.4 Å². The Morgan fingerprint density at radius 1 is 1.14 bits per heavy atom. The molecule has 0 aliphatic carbocycles. The van der Waals surface area contributed by atoms with Gasteiger partial charge in [0.15, 0.2) is 0 Å². The summed E-state index contributed by atoms with van der Waals surface area (Å²) in [6.07, 6.45) is 5.65. The fraction of sp³-hybridized carbons (Fsp3) is 0.515. The van der Waals surface area contributed by atoms with Gasteiger partial charge in [-0.2, -0.15) is 0 Å². The number of carbonyl (C=O) groups excluding carboxylic acids is 2. The average molecular weight is 609 g/mol. The number of nitrogens with one attached hydrogen (secondary N) is 1. The van der Waals surface area contributed by atoms with Crippen molar-refractivity contribution in [2.45, 2.75) is 58.7 Å². The molecule has 5 rings (SSSR count). The molecule has 2 aromatic carbocycles. The third kappa shape index (κ3) is 6.10. The number of carbonyl (C=O) groups is 2. The second-order valence-corrected chi connectivity index (χ2v) is 13.6. The van der Waals surface area contributed by atoms with E-state index in [0.29, 0.717) is 12.1 Å². The number of ether oxygens (including phenoxy) is 3. The van der Waals surface area contributed by atoms with Crippen molar-refractivity contribution < 1.29 is 23.8 Å². The lowest BCUT2D eigenvalue weighted by molar-refractivity contribution is -0.0286. The Labute approximate surface area is 259 Å². The number of benzene rings is 2. The minimum Gasteiger partial charge on any atom is -0.496 e. The van der Waals surface area contributed by atoms with Crippen LogP contribution in [0.3, 0.4) is 0 Å². The van der Waals surface area contributed by atoms with Crippen molar-refractivity contribution in [2.75, 3.05) is 52.5 Å². The molecule has 9 nitrogen and oxygen atoms in total. The third-order valence-corrected chi connectivity index (χ3v) is 9.56. The zero-order valence-corrected chi connectivity index (χ0v) is 27.4. The maximum absolute atomic E-state index is 13.2. The van der Waals surface area contributed by atoms with Gasteiger partial charge in [-0.25, -0.2) is 13.9 Å². The Morgan fingerprint density at radius 3 is 2.51 bits per heavy atom. The predicted octanol–water partition coefficient (Wildman–Crippen LogP) is 6.49. The van der Waals surface area contributed by atoms with E-state index in [9.17, 15) is 9.59 Å². The molecular weight excluding hydrogens is 564 g/mol. The number of hydrogen-bond donors (Lipinski definition) is 1. The number of esters is 1. The molecule has 0 bridgehead atoms. The minimum absolute atomic E-state index is 0.112. The molecule has 232 valence electrons. The third-order valence-electron chi connectivity index (χ3n) is 8.78. The zero-order chi connectivity index (χ0) is 31.1. The molecule has 0 amide bonds. The molecule has 0 saturated carbocycles. The van der Waals surface area contributed by atoms with Crippen LogP contribution in [0, 0.1) is 12.3 Å². The second-order valence-electron chi connectivity index (χ2n) is 12.8. The Balaban J connectivity index is 1.56. The van der Waals surface area contributed by atoms with Gasteiger partial charge in [0.1, 0.15) is 11.4 Å². The summed E-state index contributed by atoms with van der Waals surface area (Å²) in [5, 5.41) is 4.33. The minimum atomic E-state index is -0.602. The number of piperidine rings is 1. The summed E-state index contributed by atoms with van der Waals surface area (Å²) in [4.78, 5) is 28.0. The molecule has 43 heavy (non-hydrogen) atoms. The SMILES string of the molecule is CNc1cc(C(=O)OC)ccc1[C@H]1CC2(CCN1Cc1c(OC)cc(C)c3c1ccn3C(=O)OC(C)(C)C)CN(SC)C2. The quantitative estimate of drug-likeness (QED) is 0.239. The number of nitrogens with zero attached hydrogens (tertiary/aromatic N) is 3. The molecule has 0 unspecified atom stereocenters. The Kier molecular flexibility index (Phi) is 8.75. The summed E-state index contributed by atoms with van der Waals surface area (Å²) >= 11 is 1.81. The molecule has 1 aromatic heterocycles. The number of hydrogen-bond acceptors (Lipinski definition) is 9. The smallest absolute Gasteiger partial charge is 0.419 e. The fourth-order valence-electron chi connectivity index (χ4n) is 6.67. The van der Waals surface area contributed by atoms with E-state index in [1.165, 1.54) is 7.11 Å². The van der Waals surface area contributed by atoms with Crippen molar-refractivity contribution in [2.24, 2.45) is 5.41 Å². The van der Waals surface area contributed by atoms with Gasteiger partial charge >= 0.3 is 12.1 Å². The molecule has 2 aliphatic rings. The highest BCUT2D eigenvalue weighted by Gasteiger charge is 2.48. The number of rotatable bonds is 7. The summed E-state index contributed by atoms with van der Waals surface area (Å²) < 4.78 is 20.7. The van der Waals surface area contributed by atoms with E-state index in [4.69, 9.17) is 14.2 Å². The van der Waals surface area contributed by atoms with E-state index in [1.807, 2.05) is 71.0 Å². The van der Waals surface area contributed by atoms with E-state index < -0.39 is 11.7 Å². The van der Waals surface area contributed by atoms with Crippen LogP contribution in [0.5, 0.6) is 5.75 Å². The number of aromatic nitrogens is 1. The number of methoxy groups -OCH3 is 2. The highest BCUT2D eigenvalue weighted by Crippen LogP contribution is 2.51. The van der Waals surface area contributed by atoms with Crippen LogP contribution in [0.15, 0.2) is 36.5 Å². The summed E-state index contributed by atoms with van der Waals surface area (Å²) in [5.41, 5.74) is 5.08. The molecule has 10 heteroatoms. The molecular formula is C33H44N4O5S. The van der Waals surface area contributed by atoms with Crippen molar-refractivity contribution in [3.05, 3.63) is 58.8 Å². The van der Waals surface area contributed by atoms with Crippen LogP contribution in [0.25, 0.3) is 10.9 Å². The summed E-state index contributed by atoms with van der Waals surface area (Å²) in [5.74, 6) is 0.453. The van der Waals surface area contributed by atoms with Gasteiger partial charge in [0.05, 0.1) is 25.3 Å². The van der Waals surface area contributed by atoms with Crippen LogP contribution in [0.2, 0.25) is 0 Å². The normalized spacial score (nSPS) is 18.8. The number of fused-ring (bicyclic) bond motifs is 1. The molecule has 1 spiro atoms. The van der Waals surface area contributed by atoms with Crippen molar-refractivity contribution in [3.8, 4) is 5.75 Å². The van der Waals surface area contributed by atoms with Crippen molar-refractivity contribution >= 4 is 40.6 Å². The van der Waals surface area contributed by atoms with Crippen LogP contribution >= 0.6 is 11.9 Å². The largest absolute Gasteiger partial charge is 0.496 e. The molecule has 0 radical (unpaired) electrons. The summed E-state index contributed by atoms with van der Waals surface area (Å²) in [6.45, 7) is 11.3. The van der Waals surface area contributed by atoms with Gasteiger partial charge < -0.3 is 19.5 Å². The van der Waals surface area contributed by atoms with Gasteiger partial charge in [0.25, 0.3) is 0 Å². The molecule has 3 heterocycles. The van der Waals surface area contributed by atoms with Crippen LogP contribution in [0.1, 0.15) is 66.7 Å². The summed E-state index contributed by atoms with van der Waals surface area (Å²) in [7, 11) is 5.00. The average Bonchev–Trinajstić information content (AvgIpc) is 3.42. The Morgan fingerprint density at radius 2 is 1.88 bits per heavy atom. The first-order valence-electron chi connectivity index (χ1n) is 14.8. The van der Waals surface area contributed by atoms with Gasteiger partial charge in [-0.15, -0.1) is 0 Å². The number of aryl methyl sites for hydroxylation is 1. The standard InChI is InChI=1S/C33H44N4O5S/c1-21-15-28(40-6)25(23-11-13-37(29(21)23)31(39)42-32(2,3)4)18-35-14-12-33(19-36(20-33)43-8)17-27(35)24-10-9-22(30(38)41-7)16-26(24)34-5/h9-11,13,15-16,27,34H,12,14,17-20H2,1-8H3/t27-/m1/s1. The zero-order valence-electron chi connectivity index (χ0n) is 26.6. The van der Waals surface area contributed by atoms with E-state index in [1.54, 1.807) is 17.9 Å². The lowest BCUT2D eigenvalue weighted by Crippen LogP contribution is -2.58. The second kappa shape index (κ2) is 12.1. The van der Waals surface area contributed by atoms with Crippen molar-refractivity contribution in [3.63, 3.8) is 0 Å². The molecule has 2 fully saturated rings. The van der Waals surface area contributed by atoms with Gasteiger partial charge in [0.2, 0.25) is 0 Å². The van der Waals surface area contributed by atoms with Gasteiger partial charge in [-0.05, 0) is 88.7 Å². The molecule has 2 aliphatic heterocycles. The molecule has 3 aromatic rings. The highest BCUT2D eigenvalue weighted by molar-refractivity contribution is 7.96. The Hall–Kier alpha value is -3.21. The molecule has 1 N–H and O–H groups in total. The molecule has 1 atom stereocenters. The summed E-state index contributed by atoms with van der Waals surface area (Å²) in [6, 6.07) is 9.95. The Bertz CT molecular complexity index is 1520. The van der Waals surface area contributed by atoms with Crippen LogP contribution < -0.4 is 10.1 Å². The maximum Gasteiger partial charge on any atom is 0.419 e. The number of anilines is 1. The van der Waals surface area contributed by atoms with E-state index in [0.717, 1.165) is 71.5 Å². The topological polar surface area (TPSA) is 85.3 Å². The predicted molar refractivity (Wildman–Crippen MR) is 172 cm³/mol. The first-order chi connectivity index (χ1) is 20.4. The van der Waals surface area contributed by atoms with Crippen LogP contribution in [-0.2, 0) is 16.0 Å². The van der Waals surface area contributed by atoms with Crippen molar-refractivity contribution in [1.82, 2.24) is 13.8 Å². The fourth-order valence-corrected chi connectivity index (χ4v) is 7.48. The maximum atomic E-state index is 13.2. The van der Waals surface area contributed by atoms with Gasteiger partial charge in [-0.1, -0.05) is 18.0 Å².